The zero-order valence-corrected chi connectivity index (χ0v) is 29.4. The monoisotopic (exact) mass is 699 g/mol. The minimum absolute atomic E-state index is 0.0454. The number of nitriles is 1. The standard InChI is InChI=1S/C34H40F3N5O4SSi/c1-22(2)45-28-9-7-23(17-24(28)19-38)26-20-42(21-44-15-16-48(3,4)5)32-31(26)30(11-13-39-32)46-29-10-8-25(18-27(29)34(35,36)37)41-33(47)40-12-6-14-43/h7-11,13,17-18,20,22,43H,6,12,14-16,21H2,1-5H3,(H2,40,41,47). The summed E-state index contributed by atoms with van der Waals surface area (Å²) in [5, 5.41) is 25.0. The molecule has 0 aliphatic heterocycles. The number of alkyl halides is 3. The number of ether oxygens (including phenoxy) is 3. The average Bonchev–Trinajstić information content (AvgIpc) is 3.38. The van der Waals surface area contributed by atoms with E-state index in [1.807, 2.05) is 13.8 Å². The fourth-order valence-corrected chi connectivity index (χ4v) is 5.74. The first-order valence-electron chi connectivity index (χ1n) is 15.5. The predicted octanol–water partition coefficient (Wildman–Crippen LogP) is 8.15. The summed E-state index contributed by atoms with van der Waals surface area (Å²) in [5.41, 5.74) is 1.10. The zero-order chi connectivity index (χ0) is 35.1. The number of anilines is 1. The van der Waals surface area contributed by atoms with E-state index >= 15 is 0 Å². The lowest BCUT2D eigenvalue weighted by Crippen LogP contribution is -2.29. The summed E-state index contributed by atoms with van der Waals surface area (Å²) in [4.78, 5) is 4.56. The Kier molecular flexibility index (Phi) is 12.1. The topological polar surface area (TPSA) is 114 Å². The maximum atomic E-state index is 14.4. The van der Waals surface area contributed by atoms with Gasteiger partial charge in [-0.3, -0.25) is 0 Å². The van der Waals surface area contributed by atoms with Crippen LogP contribution in [0.2, 0.25) is 25.7 Å². The number of aliphatic hydroxyl groups is 1. The Morgan fingerprint density at radius 2 is 1.85 bits per heavy atom. The number of aliphatic hydroxyl groups excluding tert-OH is 1. The lowest BCUT2D eigenvalue weighted by Gasteiger charge is -2.17. The fourth-order valence-electron chi connectivity index (χ4n) is 4.76. The van der Waals surface area contributed by atoms with Gasteiger partial charge < -0.3 is 34.5 Å². The van der Waals surface area contributed by atoms with Crippen molar-refractivity contribution in [2.75, 3.05) is 25.1 Å². The van der Waals surface area contributed by atoms with Crippen LogP contribution in [0.4, 0.5) is 18.9 Å². The summed E-state index contributed by atoms with van der Waals surface area (Å²) in [6.45, 7) is 11.5. The quantitative estimate of drug-likeness (QED) is 0.0682. The molecule has 3 N–H and O–H groups in total. The molecule has 2 heterocycles. The highest BCUT2D eigenvalue weighted by Crippen LogP contribution is 2.43. The Bertz CT molecular complexity index is 1780. The van der Waals surface area contributed by atoms with E-state index in [2.05, 4.69) is 41.3 Å². The van der Waals surface area contributed by atoms with E-state index in [0.29, 0.717) is 53.0 Å². The van der Waals surface area contributed by atoms with Crippen molar-refractivity contribution in [3.63, 3.8) is 0 Å². The lowest BCUT2D eigenvalue weighted by molar-refractivity contribution is -0.138. The predicted molar refractivity (Wildman–Crippen MR) is 187 cm³/mol. The molecule has 2 aromatic heterocycles. The summed E-state index contributed by atoms with van der Waals surface area (Å²) in [6.07, 6.45) is -1.19. The number of nitrogens with zero attached hydrogens (tertiary/aromatic N) is 3. The zero-order valence-electron chi connectivity index (χ0n) is 27.6. The van der Waals surface area contributed by atoms with E-state index in [0.717, 1.165) is 12.1 Å². The second-order valence-corrected chi connectivity index (χ2v) is 18.7. The smallest absolute Gasteiger partial charge is 0.420 e. The number of aromatic nitrogens is 2. The maximum absolute atomic E-state index is 14.4. The van der Waals surface area contributed by atoms with Crippen LogP contribution >= 0.6 is 12.2 Å². The molecule has 0 aliphatic carbocycles. The van der Waals surface area contributed by atoms with Crippen molar-refractivity contribution in [1.29, 1.82) is 5.26 Å². The molecule has 0 fully saturated rings. The van der Waals surface area contributed by atoms with E-state index in [9.17, 15) is 18.4 Å². The molecule has 48 heavy (non-hydrogen) atoms. The third-order valence-corrected chi connectivity index (χ3v) is 9.05. The first-order chi connectivity index (χ1) is 22.7. The van der Waals surface area contributed by atoms with Gasteiger partial charge in [-0.25, -0.2) is 4.98 Å². The van der Waals surface area contributed by atoms with Crippen LogP contribution in [0.3, 0.4) is 0 Å². The van der Waals surface area contributed by atoms with Crippen LogP contribution in [0.25, 0.3) is 22.2 Å². The highest BCUT2D eigenvalue weighted by molar-refractivity contribution is 7.80. The third kappa shape index (κ3) is 9.69. The van der Waals surface area contributed by atoms with Gasteiger partial charge >= 0.3 is 6.18 Å². The Labute approximate surface area is 284 Å². The van der Waals surface area contributed by atoms with Gasteiger partial charge in [-0.1, -0.05) is 25.7 Å². The van der Waals surface area contributed by atoms with Crippen LogP contribution in [0.15, 0.2) is 54.9 Å². The molecule has 0 atom stereocenters. The Balaban J connectivity index is 1.78. The highest BCUT2D eigenvalue weighted by Gasteiger charge is 2.35. The molecule has 14 heteroatoms. The van der Waals surface area contributed by atoms with Crippen molar-refractivity contribution in [3.8, 4) is 34.4 Å². The normalized spacial score (nSPS) is 11.9. The van der Waals surface area contributed by atoms with Gasteiger partial charge in [-0.2, -0.15) is 18.4 Å². The number of halogens is 3. The Hall–Kier alpha value is -4.16. The molecule has 9 nitrogen and oxygen atoms in total. The molecular weight excluding hydrogens is 660 g/mol. The molecule has 0 radical (unpaired) electrons. The molecule has 0 saturated heterocycles. The van der Waals surface area contributed by atoms with Gasteiger partial charge in [0.2, 0.25) is 0 Å². The number of pyridine rings is 1. The minimum Gasteiger partial charge on any atom is -0.490 e. The maximum Gasteiger partial charge on any atom is 0.420 e. The van der Waals surface area contributed by atoms with Gasteiger partial charge in [0.25, 0.3) is 0 Å². The van der Waals surface area contributed by atoms with Crippen molar-refractivity contribution < 1.29 is 32.5 Å². The van der Waals surface area contributed by atoms with Crippen LogP contribution in [-0.2, 0) is 17.6 Å². The van der Waals surface area contributed by atoms with Crippen molar-refractivity contribution in [2.45, 2.75) is 65.0 Å². The molecule has 0 saturated carbocycles. The van der Waals surface area contributed by atoms with E-state index in [1.165, 1.54) is 24.4 Å². The SMILES string of the molecule is CC(C)Oc1ccc(-c2cn(COCC[Si](C)(C)C)c3nccc(Oc4ccc(NC(=S)NCCCO)cc4C(F)(F)F)c23)cc1C#N. The minimum atomic E-state index is -4.75. The van der Waals surface area contributed by atoms with E-state index < -0.39 is 25.6 Å². The van der Waals surface area contributed by atoms with Crippen LogP contribution in [0.1, 0.15) is 31.4 Å². The molecule has 0 amide bonds. The highest BCUT2D eigenvalue weighted by atomic mass is 32.1. The summed E-state index contributed by atoms with van der Waals surface area (Å²) in [7, 11) is -1.35. The number of hydrogen-bond acceptors (Lipinski definition) is 7. The van der Waals surface area contributed by atoms with Crippen molar-refractivity contribution in [3.05, 3.63) is 66.0 Å². The number of nitrogens with one attached hydrogen (secondary N) is 2. The number of hydrogen-bond donors (Lipinski definition) is 3. The number of benzene rings is 2. The third-order valence-electron chi connectivity index (χ3n) is 7.10. The van der Waals surface area contributed by atoms with Crippen molar-refractivity contribution >= 4 is 42.1 Å². The second-order valence-electron chi connectivity index (χ2n) is 12.6. The molecule has 256 valence electrons. The molecular formula is C34H40F3N5O4SSi. The van der Waals surface area contributed by atoms with Gasteiger partial charge in [0.15, 0.2) is 5.11 Å². The first-order valence-corrected chi connectivity index (χ1v) is 19.6. The Morgan fingerprint density at radius 3 is 2.52 bits per heavy atom. The fraction of sp³-hybridized carbons (Fsp3) is 0.382. The van der Waals surface area contributed by atoms with Crippen molar-refractivity contribution in [1.82, 2.24) is 14.9 Å². The van der Waals surface area contributed by atoms with E-state index in [4.69, 9.17) is 31.5 Å². The Morgan fingerprint density at radius 1 is 1.10 bits per heavy atom. The van der Waals surface area contributed by atoms with E-state index in [-0.39, 0.29) is 36.0 Å². The summed E-state index contributed by atoms with van der Waals surface area (Å²) in [6, 6.07) is 13.4. The second kappa shape index (κ2) is 15.8. The number of thiocarbonyl (C=S) groups is 1. The van der Waals surface area contributed by atoms with Crippen LogP contribution in [0.5, 0.6) is 17.2 Å². The van der Waals surface area contributed by atoms with Gasteiger partial charge in [-0.05, 0) is 80.5 Å². The van der Waals surface area contributed by atoms with Gasteiger partial charge in [0, 0.05) is 51.5 Å². The van der Waals surface area contributed by atoms with Crippen molar-refractivity contribution in [2.24, 2.45) is 0 Å². The lowest BCUT2D eigenvalue weighted by atomic mass is 10.0. The first kappa shape index (κ1) is 36.7. The molecule has 4 aromatic rings. The molecule has 0 aliphatic rings. The van der Waals surface area contributed by atoms with Crippen LogP contribution < -0.4 is 20.1 Å². The summed E-state index contributed by atoms with van der Waals surface area (Å²) < 4.78 is 62.8. The molecule has 0 unspecified atom stereocenters. The number of fused-ring (bicyclic) bond motifs is 1. The van der Waals surface area contributed by atoms with Crippen LogP contribution in [0, 0.1) is 11.3 Å². The van der Waals surface area contributed by atoms with E-state index in [1.54, 1.807) is 29.0 Å². The van der Waals surface area contributed by atoms with Crippen LogP contribution in [-0.4, -0.2) is 53.7 Å². The summed E-state index contributed by atoms with van der Waals surface area (Å²) >= 11 is 5.18. The molecule has 0 bridgehead atoms. The molecule has 4 rings (SSSR count). The van der Waals surface area contributed by atoms with Gasteiger partial charge in [0.1, 0.15) is 41.3 Å². The summed E-state index contributed by atoms with van der Waals surface area (Å²) in [5.74, 6) is 0.156. The molecule has 0 spiro atoms. The average molecular weight is 700 g/mol. The largest absolute Gasteiger partial charge is 0.490 e. The van der Waals surface area contributed by atoms with Gasteiger partial charge in [-0.15, -0.1) is 0 Å². The molecule has 2 aromatic carbocycles. The number of rotatable bonds is 14. The van der Waals surface area contributed by atoms with Gasteiger partial charge in [0.05, 0.1) is 17.1 Å².